The Labute approximate surface area is 237 Å². The number of thioether (sulfide) groups is 2. The Balaban J connectivity index is 1.51. The molecule has 0 radical (unpaired) electrons. The number of carboxylic acid groups (broad SMARTS) is 1. The van der Waals surface area contributed by atoms with E-state index in [0.717, 1.165) is 16.4 Å². The number of aliphatic carboxylic acids is 1. The van der Waals surface area contributed by atoms with Crippen LogP contribution >= 0.6 is 46.4 Å². The van der Waals surface area contributed by atoms with Gasteiger partial charge in [0.1, 0.15) is 22.6 Å². The quantitative estimate of drug-likeness (QED) is 0.104. The number of hydrogen-bond acceptors (Lipinski definition) is 16. The van der Waals surface area contributed by atoms with E-state index in [-0.39, 0.29) is 23.3 Å². The van der Waals surface area contributed by atoms with Gasteiger partial charge in [0, 0.05) is 23.0 Å². The van der Waals surface area contributed by atoms with Crippen molar-refractivity contribution in [2.45, 2.75) is 42.1 Å². The molecule has 0 aliphatic carbocycles. The lowest BCUT2D eigenvalue weighted by molar-refractivity contribution is -0.167. The molecule has 208 valence electrons. The summed E-state index contributed by atoms with van der Waals surface area (Å²) in [5.74, 6) is -2.95. The average molecular weight is 615 g/mol. The second kappa shape index (κ2) is 11.8. The molecule has 19 heteroatoms. The monoisotopic (exact) mass is 614 g/mol. The number of β-lactam (4-membered cyclic amide) rings is 1. The Bertz CT molecular complexity index is 1340. The van der Waals surface area contributed by atoms with Crippen molar-refractivity contribution < 1.29 is 33.9 Å². The number of amides is 2. The number of nitrogens with two attached hydrogens (primary N) is 1. The molecular formula is C20H22N8O7S4. The first-order valence-electron chi connectivity index (χ1n) is 11.2. The number of carbonyl (C=O) groups excluding carboxylic acids is 3. The van der Waals surface area contributed by atoms with Crippen LogP contribution in [0.4, 0.5) is 5.13 Å². The Kier molecular flexibility index (Phi) is 8.72. The minimum Gasteiger partial charge on any atom is -0.477 e. The third-order valence-electron chi connectivity index (χ3n) is 5.25. The van der Waals surface area contributed by atoms with Crippen molar-refractivity contribution in [3.63, 3.8) is 0 Å². The average Bonchev–Trinajstić information content (AvgIpc) is 3.57. The number of oxime groups is 1. The first-order chi connectivity index (χ1) is 18.5. The molecule has 4 N–H and O–H groups in total. The SMILES string of the molecule is CCOC(=O)C(C)(C)ON=C(C(=O)NC1C(=O)N2C(C(=O)O)=C(CSc3nncs3)CS[C@H]12)c1nsc(N)n1. The number of esters is 1. The van der Waals surface area contributed by atoms with Crippen LogP contribution in [0.15, 0.2) is 26.3 Å². The van der Waals surface area contributed by atoms with Gasteiger partial charge in [-0.2, -0.15) is 9.36 Å². The van der Waals surface area contributed by atoms with E-state index >= 15 is 0 Å². The number of anilines is 1. The highest BCUT2D eigenvalue weighted by molar-refractivity contribution is 8.01. The van der Waals surface area contributed by atoms with Crippen LogP contribution in [0.5, 0.6) is 0 Å². The van der Waals surface area contributed by atoms with Crippen molar-refractivity contribution in [1.82, 2.24) is 29.8 Å². The van der Waals surface area contributed by atoms with E-state index in [9.17, 15) is 24.3 Å². The first-order valence-corrected chi connectivity index (χ1v) is 14.8. The normalized spacial score (nSPS) is 19.3. The third kappa shape index (κ3) is 6.15. The highest BCUT2D eigenvalue weighted by atomic mass is 32.2. The van der Waals surface area contributed by atoms with Gasteiger partial charge in [0.25, 0.3) is 11.8 Å². The molecule has 2 aliphatic heterocycles. The Hall–Kier alpha value is -3.29. The Morgan fingerprint density at radius 3 is 2.77 bits per heavy atom. The maximum Gasteiger partial charge on any atom is 0.352 e. The number of nitrogen functional groups attached to an aromatic ring is 1. The van der Waals surface area contributed by atoms with Crippen molar-refractivity contribution in [1.29, 1.82) is 0 Å². The molecule has 4 rings (SSSR count). The molecule has 1 saturated heterocycles. The smallest absolute Gasteiger partial charge is 0.352 e. The molecule has 39 heavy (non-hydrogen) atoms. The number of carboxylic acids is 1. The van der Waals surface area contributed by atoms with Crippen LogP contribution in [0.25, 0.3) is 0 Å². The van der Waals surface area contributed by atoms with Crippen LogP contribution < -0.4 is 11.1 Å². The Morgan fingerprint density at radius 2 is 2.15 bits per heavy atom. The molecule has 0 bridgehead atoms. The molecule has 2 amide bonds. The predicted octanol–water partition coefficient (Wildman–Crippen LogP) is 0.565. The molecule has 0 spiro atoms. The van der Waals surface area contributed by atoms with Gasteiger partial charge >= 0.3 is 11.9 Å². The van der Waals surface area contributed by atoms with Crippen LogP contribution in [0.3, 0.4) is 0 Å². The van der Waals surface area contributed by atoms with Crippen LogP contribution in [0.1, 0.15) is 26.6 Å². The molecule has 2 aliphatic rings. The third-order valence-corrected chi connectivity index (χ3v) is 9.08. The number of hydrogen-bond donors (Lipinski definition) is 3. The van der Waals surface area contributed by atoms with Gasteiger partial charge in [-0.25, -0.2) is 9.59 Å². The summed E-state index contributed by atoms with van der Waals surface area (Å²) in [7, 11) is 0. The van der Waals surface area contributed by atoms with Crippen molar-refractivity contribution in [2.24, 2.45) is 5.16 Å². The van der Waals surface area contributed by atoms with Gasteiger partial charge in [-0.05, 0) is 26.3 Å². The fourth-order valence-electron chi connectivity index (χ4n) is 3.40. The van der Waals surface area contributed by atoms with E-state index in [1.54, 1.807) is 12.4 Å². The number of nitrogens with zero attached hydrogens (tertiary/aromatic N) is 6. The van der Waals surface area contributed by atoms with E-state index in [2.05, 4.69) is 30.0 Å². The number of fused-ring (bicyclic) bond motifs is 1. The topological polar surface area (TPSA) is 212 Å². The van der Waals surface area contributed by atoms with Crippen LogP contribution in [0.2, 0.25) is 0 Å². The summed E-state index contributed by atoms with van der Waals surface area (Å²) < 4.78 is 9.61. The summed E-state index contributed by atoms with van der Waals surface area (Å²) in [6.07, 6.45) is 0. The molecule has 2 aromatic heterocycles. The maximum atomic E-state index is 13.2. The molecule has 0 aromatic carbocycles. The molecule has 0 saturated carbocycles. The minimum absolute atomic E-state index is 0.0547. The molecule has 2 aromatic rings. The lowest BCUT2D eigenvalue weighted by Gasteiger charge is -2.49. The van der Waals surface area contributed by atoms with Crippen molar-refractivity contribution in [3.8, 4) is 0 Å². The lowest BCUT2D eigenvalue weighted by Crippen LogP contribution is -2.71. The fraction of sp³-hybridized carbons (Fsp3) is 0.450. The van der Waals surface area contributed by atoms with Crippen LogP contribution in [0, 0.1) is 0 Å². The van der Waals surface area contributed by atoms with Crippen LogP contribution in [-0.4, -0.2) is 94.2 Å². The summed E-state index contributed by atoms with van der Waals surface area (Å²) in [5, 5.41) is 23.3. The first kappa shape index (κ1) is 28.7. The van der Waals surface area contributed by atoms with Gasteiger partial charge in [-0.3, -0.25) is 14.5 Å². The van der Waals surface area contributed by atoms with E-state index in [0.29, 0.717) is 21.4 Å². The fourth-order valence-corrected chi connectivity index (χ4v) is 6.80. The standard InChI is InChI=1S/C20H22N8O7S4/c1-4-34-17(33)20(2,3)35-26-9(12-24-18(21)39-27-12)13(29)23-10-14(30)28-11(16(31)32)8(5-36-15(10)28)6-37-19-25-22-7-38-19/h7,10,15H,4-6H2,1-3H3,(H,23,29)(H,31,32)(H2,21,24,27)/t10?,15-/m1/s1. The van der Waals surface area contributed by atoms with Gasteiger partial charge in [-0.15, -0.1) is 22.0 Å². The van der Waals surface area contributed by atoms with Crippen molar-refractivity contribution in [2.75, 3.05) is 23.8 Å². The van der Waals surface area contributed by atoms with Gasteiger partial charge < -0.3 is 25.7 Å². The number of rotatable bonds is 11. The number of ether oxygens (including phenoxy) is 1. The van der Waals surface area contributed by atoms with E-state index in [1.807, 2.05) is 0 Å². The largest absolute Gasteiger partial charge is 0.477 e. The van der Waals surface area contributed by atoms with Gasteiger partial charge in [-0.1, -0.05) is 28.3 Å². The van der Waals surface area contributed by atoms with Gasteiger partial charge in [0.2, 0.25) is 17.1 Å². The van der Waals surface area contributed by atoms with Gasteiger partial charge in [0.15, 0.2) is 9.47 Å². The van der Waals surface area contributed by atoms with E-state index < -0.39 is 46.5 Å². The molecule has 15 nitrogen and oxygen atoms in total. The zero-order valence-corrected chi connectivity index (χ0v) is 23.9. The Morgan fingerprint density at radius 1 is 1.38 bits per heavy atom. The summed E-state index contributed by atoms with van der Waals surface area (Å²) in [4.78, 5) is 61.0. The molecule has 1 unspecified atom stereocenters. The summed E-state index contributed by atoms with van der Waals surface area (Å²) >= 11 is 4.78. The summed E-state index contributed by atoms with van der Waals surface area (Å²) in [5.41, 5.74) is 5.70. The van der Waals surface area contributed by atoms with Crippen molar-refractivity contribution >= 4 is 81.0 Å². The number of nitrogens with one attached hydrogen (secondary N) is 1. The molecular weight excluding hydrogens is 593 g/mol. The zero-order valence-electron chi connectivity index (χ0n) is 20.6. The number of carbonyl (C=O) groups is 4. The summed E-state index contributed by atoms with van der Waals surface area (Å²) in [6, 6.07) is -1.05. The minimum atomic E-state index is -1.55. The molecule has 4 heterocycles. The van der Waals surface area contributed by atoms with Gasteiger partial charge in [0.05, 0.1) is 6.61 Å². The number of aromatic nitrogens is 4. The molecule has 1 fully saturated rings. The predicted molar refractivity (Wildman–Crippen MR) is 143 cm³/mol. The zero-order chi connectivity index (χ0) is 28.3. The second-order valence-electron chi connectivity index (χ2n) is 8.33. The molecule has 2 atom stereocenters. The second-order valence-corrected chi connectivity index (χ2v) is 12.3. The van der Waals surface area contributed by atoms with Crippen molar-refractivity contribution in [3.05, 3.63) is 22.6 Å². The van der Waals surface area contributed by atoms with E-state index in [1.165, 1.54) is 48.7 Å². The lowest BCUT2D eigenvalue weighted by atomic mass is 10.0. The summed E-state index contributed by atoms with van der Waals surface area (Å²) in [6.45, 7) is 4.55. The van der Waals surface area contributed by atoms with Crippen LogP contribution in [-0.2, 0) is 28.8 Å². The van der Waals surface area contributed by atoms with E-state index in [4.69, 9.17) is 15.3 Å². The highest BCUT2D eigenvalue weighted by Crippen LogP contribution is 2.41. The highest BCUT2D eigenvalue weighted by Gasteiger charge is 2.54. The maximum absolute atomic E-state index is 13.2.